The molecule has 35 heavy (non-hydrogen) atoms. The number of allylic oxidation sites excluding steroid dienone is 1. The van der Waals surface area contributed by atoms with Crippen LogP contribution in [0, 0.1) is 6.92 Å². The Morgan fingerprint density at radius 1 is 1.14 bits per heavy atom. The lowest BCUT2D eigenvalue weighted by Gasteiger charge is -2.22. The van der Waals surface area contributed by atoms with Crippen LogP contribution in [0.4, 0.5) is 4.79 Å². The Balaban J connectivity index is 2.63. The number of halogens is 1. The minimum absolute atomic E-state index is 0.0141. The highest BCUT2D eigenvalue weighted by molar-refractivity contribution is 6.33. The second kappa shape index (κ2) is 12.2. The Bertz CT molecular complexity index is 1070. The van der Waals surface area contributed by atoms with Gasteiger partial charge in [-0.1, -0.05) is 63.6 Å². The molecule has 8 heteroatoms. The van der Waals surface area contributed by atoms with E-state index < -0.39 is 12.4 Å². The number of carbonyl (C=O) groups excluding carboxylic acids is 1. The van der Waals surface area contributed by atoms with Gasteiger partial charge in [-0.2, -0.15) is 5.10 Å². The van der Waals surface area contributed by atoms with Crippen molar-refractivity contribution in [3.63, 3.8) is 0 Å². The zero-order chi connectivity index (χ0) is 26.3. The molecule has 1 heterocycles. The number of hydrogen-bond donors (Lipinski definition) is 0. The van der Waals surface area contributed by atoms with Crippen LogP contribution in [-0.4, -0.2) is 41.6 Å². The smallest absolute Gasteiger partial charge is 0.452 e. The largest absolute Gasteiger partial charge is 0.511 e. The van der Waals surface area contributed by atoms with Crippen LogP contribution in [0.3, 0.4) is 0 Å². The summed E-state index contributed by atoms with van der Waals surface area (Å²) in [5, 5.41) is 5.01. The molecule has 2 atom stereocenters. The SMILES string of the molecule is CCC(C)OC(=O)OC(C)O/C(=C(/C=N\C)c1ccc(C(C)(C)C)cc1)c1c(Cl)c(C)nn1CC. The van der Waals surface area contributed by atoms with Crippen molar-refractivity contribution in [1.29, 1.82) is 0 Å². The molecule has 0 aliphatic rings. The molecule has 2 aromatic rings. The van der Waals surface area contributed by atoms with Gasteiger partial charge in [0.15, 0.2) is 5.76 Å². The van der Waals surface area contributed by atoms with Crippen molar-refractivity contribution in [1.82, 2.24) is 9.78 Å². The molecule has 0 aliphatic heterocycles. The molecule has 0 spiro atoms. The number of carbonyl (C=O) groups is 1. The fourth-order valence-electron chi connectivity index (χ4n) is 3.40. The summed E-state index contributed by atoms with van der Waals surface area (Å²) in [5.74, 6) is 0.412. The maximum atomic E-state index is 12.2. The molecular formula is C27H38ClN3O4. The lowest BCUT2D eigenvalue weighted by Crippen LogP contribution is -2.23. The predicted octanol–water partition coefficient (Wildman–Crippen LogP) is 7.05. The maximum absolute atomic E-state index is 12.2. The summed E-state index contributed by atoms with van der Waals surface area (Å²) in [4.78, 5) is 16.5. The van der Waals surface area contributed by atoms with E-state index in [1.165, 1.54) is 5.56 Å². The summed E-state index contributed by atoms with van der Waals surface area (Å²) in [6, 6.07) is 8.22. The fourth-order valence-corrected chi connectivity index (χ4v) is 3.62. The highest BCUT2D eigenvalue weighted by Gasteiger charge is 2.26. The van der Waals surface area contributed by atoms with E-state index in [0.29, 0.717) is 40.7 Å². The summed E-state index contributed by atoms with van der Waals surface area (Å²) < 4.78 is 18.6. The fraction of sp³-hybridized carbons (Fsp3) is 0.519. The Morgan fingerprint density at radius 3 is 2.29 bits per heavy atom. The first-order valence-electron chi connectivity index (χ1n) is 12.0. The molecule has 0 saturated heterocycles. The van der Waals surface area contributed by atoms with Crippen molar-refractivity contribution in [2.75, 3.05) is 7.05 Å². The number of benzene rings is 1. The third kappa shape index (κ3) is 7.34. The number of hydrogen-bond acceptors (Lipinski definition) is 6. The van der Waals surface area contributed by atoms with E-state index in [2.05, 4.69) is 43.0 Å². The predicted molar refractivity (Wildman–Crippen MR) is 142 cm³/mol. The molecule has 0 aliphatic carbocycles. The molecule has 0 radical (unpaired) electrons. The van der Waals surface area contributed by atoms with E-state index in [-0.39, 0.29) is 11.5 Å². The second-order valence-electron chi connectivity index (χ2n) is 9.41. The molecule has 0 saturated carbocycles. The van der Waals surface area contributed by atoms with Crippen molar-refractivity contribution in [3.05, 3.63) is 51.8 Å². The van der Waals surface area contributed by atoms with Crippen LogP contribution in [0.25, 0.3) is 11.3 Å². The number of aryl methyl sites for hydroxylation is 2. The zero-order valence-electron chi connectivity index (χ0n) is 22.3. The van der Waals surface area contributed by atoms with Crippen molar-refractivity contribution >= 4 is 35.3 Å². The quantitative estimate of drug-likeness (QED) is 0.159. The summed E-state index contributed by atoms with van der Waals surface area (Å²) in [6.45, 7) is 16.2. The molecule has 0 bridgehead atoms. The van der Waals surface area contributed by atoms with Crippen LogP contribution in [-0.2, 0) is 26.2 Å². The molecule has 192 valence electrons. The van der Waals surface area contributed by atoms with Crippen molar-refractivity contribution in [2.24, 2.45) is 4.99 Å². The summed E-state index contributed by atoms with van der Waals surface area (Å²) >= 11 is 6.71. The van der Waals surface area contributed by atoms with Crippen LogP contribution >= 0.6 is 11.6 Å². The topological polar surface area (TPSA) is 74.9 Å². The zero-order valence-corrected chi connectivity index (χ0v) is 23.1. The van der Waals surface area contributed by atoms with E-state index in [9.17, 15) is 4.79 Å². The van der Waals surface area contributed by atoms with E-state index in [0.717, 1.165) is 5.56 Å². The minimum Gasteiger partial charge on any atom is -0.452 e. The number of aliphatic imine (C=N–C) groups is 1. The van der Waals surface area contributed by atoms with Gasteiger partial charge in [-0.3, -0.25) is 9.67 Å². The van der Waals surface area contributed by atoms with E-state index in [4.69, 9.17) is 25.8 Å². The summed E-state index contributed by atoms with van der Waals surface area (Å²) in [6.07, 6.45) is 0.392. The highest BCUT2D eigenvalue weighted by atomic mass is 35.5. The first kappa shape index (κ1) is 28.4. The monoisotopic (exact) mass is 503 g/mol. The molecule has 1 aromatic heterocycles. The van der Waals surface area contributed by atoms with Crippen LogP contribution in [0.15, 0.2) is 29.3 Å². The van der Waals surface area contributed by atoms with E-state index in [1.807, 2.05) is 32.9 Å². The average Bonchev–Trinajstić information content (AvgIpc) is 3.08. The third-order valence-corrected chi connectivity index (χ3v) is 6.00. The van der Waals surface area contributed by atoms with Crippen LogP contribution in [0.1, 0.15) is 77.4 Å². The van der Waals surface area contributed by atoms with Gasteiger partial charge in [-0.05, 0) is 43.7 Å². The summed E-state index contributed by atoms with van der Waals surface area (Å²) in [5.41, 5.74) is 4.05. The Labute approximate surface area is 214 Å². The number of ether oxygens (including phenoxy) is 3. The van der Waals surface area contributed by atoms with Gasteiger partial charge in [0.2, 0.25) is 6.29 Å². The first-order chi connectivity index (χ1) is 16.4. The molecule has 2 unspecified atom stereocenters. The molecular weight excluding hydrogens is 466 g/mol. The molecule has 1 aromatic carbocycles. The number of aromatic nitrogens is 2. The molecule has 0 fully saturated rings. The number of nitrogens with zero attached hydrogens (tertiary/aromatic N) is 3. The molecule has 0 amide bonds. The van der Waals surface area contributed by atoms with Gasteiger partial charge in [-0.25, -0.2) is 4.79 Å². The Morgan fingerprint density at radius 2 is 1.77 bits per heavy atom. The van der Waals surface area contributed by atoms with Gasteiger partial charge in [0.1, 0.15) is 11.8 Å². The highest BCUT2D eigenvalue weighted by Crippen LogP contribution is 2.35. The van der Waals surface area contributed by atoms with Crippen molar-refractivity contribution < 1.29 is 19.0 Å². The Hall–Kier alpha value is -2.80. The van der Waals surface area contributed by atoms with Crippen LogP contribution in [0.2, 0.25) is 5.02 Å². The summed E-state index contributed by atoms with van der Waals surface area (Å²) in [7, 11) is 1.69. The van der Waals surface area contributed by atoms with Crippen LogP contribution < -0.4 is 0 Å². The standard InChI is InChI=1S/C27H38ClN3O4/c1-10-17(3)33-26(32)35-19(5)34-25(24-23(28)18(4)30-31(24)11-2)22(16-29-9)20-12-14-21(15-13-20)27(6,7)8/h12-17,19H,10-11H2,1-9H3/b25-22-,29-16-. The van der Waals surface area contributed by atoms with Crippen LogP contribution in [0.5, 0.6) is 0 Å². The van der Waals surface area contributed by atoms with Crippen molar-refractivity contribution in [3.8, 4) is 0 Å². The van der Waals surface area contributed by atoms with Gasteiger partial charge >= 0.3 is 6.16 Å². The van der Waals surface area contributed by atoms with Gasteiger partial charge in [0, 0.05) is 32.3 Å². The molecule has 0 N–H and O–H groups in total. The normalized spacial score (nSPS) is 14.5. The van der Waals surface area contributed by atoms with Crippen molar-refractivity contribution in [2.45, 2.75) is 86.2 Å². The lowest BCUT2D eigenvalue weighted by molar-refractivity contribution is -0.0753. The number of rotatable bonds is 9. The van der Waals surface area contributed by atoms with E-state index in [1.54, 1.807) is 31.8 Å². The van der Waals surface area contributed by atoms with Gasteiger partial charge in [-0.15, -0.1) is 0 Å². The molecule has 7 nitrogen and oxygen atoms in total. The second-order valence-corrected chi connectivity index (χ2v) is 9.79. The average molecular weight is 504 g/mol. The Kier molecular flexibility index (Phi) is 9.95. The van der Waals surface area contributed by atoms with E-state index >= 15 is 0 Å². The van der Waals surface area contributed by atoms with Gasteiger partial charge in [0.05, 0.1) is 10.7 Å². The van der Waals surface area contributed by atoms with Gasteiger partial charge < -0.3 is 14.2 Å². The third-order valence-electron chi connectivity index (χ3n) is 5.55. The first-order valence-corrected chi connectivity index (χ1v) is 12.3. The van der Waals surface area contributed by atoms with Gasteiger partial charge in [0.25, 0.3) is 0 Å². The molecule has 2 rings (SSSR count). The lowest BCUT2D eigenvalue weighted by atomic mass is 9.86. The maximum Gasteiger partial charge on any atom is 0.511 e. The minimum atomic E-state index is -0.952.